The highest BCUT2D eigenvalue weighted by Gasteiger charge is 2.21. The molecule has 0 aromatic heterocycles. The minimum absolute atomic E-state index is 0.329. The predicted octanol–water partition coefficient (Wildman–Crippen LogP) is 2.50. The molecule has 0 saturated heterocycles. The first-order chi connectivity index (χ1) is 8.24. The van der Waals surface area contributed by atoms with E-state index in [0.717, 1.165) is 30.6 Å². The molecule has 4 heteroatoms. The number of aromatic carboxylic acids is 1. The number of rotatable bonds is 4. The zero-order valence-electron chi connectivity index (χ0n) is 9.66. The molecule has 0 unspecified atom stereocenters. The molecule has 1 heterocycles. The smallest absolute Gasteiger partial charge is 0.336 e. The third-order valence-corrected chi connectivity index (χ3v) is 3.14. The Labute approximate surface area is 99.9 Å². The molecule has 0 amide bonds. The lowest BCUT2D eigenvalue weighted by molar-refractivity contribution is 0.0695. The summed E-state index contributed by atoms with van der Waals surface area (Å²) >= 11 is 0. The highest BCUT2D eigenvalue weighted by Crippen LogP contribution is 2.29. The highest BCUT2D eigenvalue weighted by atomic mass is 19.1. The summed E-state index contributed by atoms with van der Waals surface area (Å²) in [6.07, 6.45) is 2.23. The number of halogens is 1. The van der Waals surface area contributed by atoms with Gasteiger partial charge in [-0.05, 0) is 37.0 Å². The Morgan fingerprint density at radius 3 is 3.00 bits per heavy atom. The first-order valence-corrected chi connectivity index (χ1v) is 5.90. The number of nitrogens with zero attached hydrogens (tertiary/aromatic N) is 1. The summed E-state index contributed by atoms with van der Waals surface area (Å²) in [7, 11) is 0. The number of anilines is 1. The molecule has 1 aromatic rings. The van der Waals surface area contributed by atoms with Crippen LogP contribution in [-0.2, 0) is 6.42 Å². The molecule has 0 bridgehead atoms. The lowest BCUT2D eigenvalue weighted by Crippen LogP contribution is -2.31. The molecule has 2 rings (SSSR count). The van der Waals surface area contributed by atoms with E-state index in [-0.39, 0.29) is 6.67 Å². The van der Waals surface area contributed by atoms with Gasteiger partial charge in [0.25, 0.3) is 0 Å². The summed E-state index contributed by atoms with van der Waals surface area (Å²) in [6, 6.07) is 5.33. The Morgan fingerprint density at radius 2 is 2.29 bits per heavy atom. The van der Waals surface area contributed by atoms with Crippen LogP contribution in [0.15, 0.2) is 18.2 Å². The second kappa shape index (κ2) is 5.17. The molecule has 0 aliphatic carbocycles. The Kier molecular flexibility index (Phi) is 3.61. The maximum Gasteiger partial charge on any atom is 0.336 e. The minimum atomic E-state index is -0.880. The second-order valence-corrected chi connectivity index (χ2v) is 4.24. The van der Waals surface area contributed by atoms with E-state index >= 15 is 0 Å². The second-order valence-electron chi connectivity index (χ2n) is 4.24. The topological polar surface area (TPSA) is 40.5 Å². The first-order valence-electron chi connectivity index (χ1n) is 5.90. The summed E-state index contributed by atoms with van der Waals surface area (Å²) in [4.78, 5) is 13.2. The Bertz CT molecular complexity index is 420. The van der Waals surface area contributed by atoms with E-state index in [9.17, 15) is 9.18 Å². The van der Waals surface area contributed by atoms with Crippen LogP contribution in [-0.4, -0.2) is 30.8 Å². The van der Waals surface area contributed by atoms with Crippen molar-refractivity contribution in [3.63, 3.8) is 0 Å². The summed E-state index contributed by atoms with van der Waals surface area (Å²) in [5.74, 6) is -0.880. The van der Waals surface area contributed by atoms with Gasteiger partial charge < -0.3 is 10.0 Å². The van der Waals surface area contributed by atoms with E-state index in [1.807, 2.05) is 6.07 Å². The molecule has 0 atom stereocenters. The molecule has 0 fully saturated rings. The summed E-state index contributed by atoms with van der Waals surface area (Å²) < 4.78 is 12.2. The van der Waals surface area contributed by atoms with Crippen molar-refractivity contribution in [3.05, 3.63) is 29.3 Å². The van der Waals surface area contributed by atoms with Gasteiger partial charge in [0.1, 0.15) is 0 Å². The maximum absolute atomic E-state index is 12.2. The van der Waals surface area contributed by atoms with Crippen molar-refractivity contribution < 1.29 is 14.3 Å². The van der Waals surface area contributed by atoms with Crippen molar-refractivity contribution in [3.8, 4) is 0 Å². The van der Waals surface area contributed by atoms with E-state index in [1.165, 1.54) is 0 Å². The number of carboxylic acids is 1. The highest BCUT2D eigenvalue weighted by molar-refractivity contribution is 5.91. The number of benzene rings is 1. The Balaban J connectivity index is 2.32. The third-order valence-electron chi connectivity index (χ3n) is 3.14. The van der Waals surface area contributed by atoms with Crippen LogP contribution >= 0.6 is 0 Å². The first kappa shape index (κ1) is 11.9. The molecule has 0 radical (unpaired) electrons. The molecule has 92 valence electrons. The molecule has 0 spiro atoms. The zero-order chi connectivity index (χ0) is 12.3. The van der Waals surface area contributed by atoms with Gasteiger partial charge in [-0.15, -0.1) is 0 Å². The maximum atomic E-state index is 12.2. The molecule has 1 aliphatic rings. The van der Waals surface area contributed by atoms with Gasteiger partial charge in [-0.1, -0.05) is 6.07 Å². The quantitative estimate of drug-likeness (QED) is 0.874. The summed E-state index contributed by atoms with van der Waals surface area (Å²) in [5.41, 5.74) is 2.24. The van der Waals surface area contributed by atoms with Gasteiger partial charge in [-0.25, -0.2) is 4.79 Å². The largest absolute Gasteiger partial charge is 0.478 e. The fraction of sp³-hybridized carbons (Fsp3) is 0.462. The van der Waals surface area contributed by atoms with Crippen LogP contribution in [0.5, 0.6) is 0 Å². The fourth-order valence-corrected chi connectivity index (χ4v) is 2.38. The predicted molar refractivity (Wildman–Crippen MR) is 64.5 cm³/mol. The lowest BCUT2D eigenvalue weighted by atomic mass is 9.96. The normalized spacial score (nSPS) is 14.5. The third kappa shape index (κ3) is 2.40. The minimum Gasteiger partial charge on any atom is -0.478 e. The van der Waals surface area contributed by atoms with Crippen molar-refractivity contribution in [2.45, 2.75) is 19.3 Å². The van der Waals surface area contributed by atoms with Crippen LogP contribution in [0.4, 0.5) is 10.1 Å². The molecular weight excluding hydrogens is 221 g/mol. The molecule has 0 saturated carbocycles. The number of fused-ring (bicyclic) bond motifs is 1. The van der Waals surface area contributed by atoms with Crippen molar-refractivity contribution in [2.24, 2.45) is 0 Å². The average Bonchev–Trinajstić information content (AvgIpc) is 2.35. The van der Waals surface area contributed by atoms with E-state index < -0.39 is 5.97 Å². The molecule has 17 heavy (non-hydrogen) atoms. The van der Waals surface area contributed by atoms with Crippen molar-refractivity contribution in [1.82, 2.24) is 0 Å². The summed E-state index contributed by atoms with van der Waals surface area (Å²) in [6.45, 7) is 1.22. The van der Waals surface area contributed by atoms with Gasteiger partial charge in [-0.3, -0.25) is 4.39 Å². The van der Waals surface area contributed by atoms with Crippen molar-refractivity contribution in [2.75, 3.05) is 24.7 Å². The van der Waals surface area contributed by atoms with Gasteiger partial charge in [0.05, 0.1) is 12.2 Å². The van der Waals surface area contributed by atoms with E-state index in [4.69, 9.17) is 5.11 Å². The molecule has 1 N–H and O–H groups in total. The lowest BCUT2D eigenvalue weighted by Gasteiger charge is -2.31. The summed E-state index contributed by atoms with van der Waals surface area (Å²) in [5, 5.41) is 9.12. The zero-order valence-corrected chi connectivity index (χ0v) is 9.66. The SMILES string of the molecule is O=C(O)c1cccc2c1CCCN2CCCF. The fourth-order valence-electron chi connectivity index (χ4n) is 2.38. The molecule has 1 aliphatic heterocycles. The van der Waals surface area contributed by atoms with Gasteiger partial charge in [0, 0.05) is 18.8 Å². The van der Waals surface area contributed by atoms with Crippen LogP contribution in [0.3, 0.4) is 0 Å². The van der Waals surface area contributed by atoms with E-state index in [2.05, 4.69) is 4.90 Å². The number of carbonyl (C=O) groups is 1. The van der Waals surface area contributed by atoms with Crippen LogP contribution in [0.2, 0.25) is 0 Å². The molecular formula is C13H16FNO2. The monoisotopic (exact) mass is 237 g/mol. The van der Waals surface area contributed by atoms with Crippen LogP contribution < -0.4 is 4.90 Å². The number of hydrogen-bond donors (Lipinski definition) is 1. The van der Waals surface area contributed by atoms with Crippen molar-refractivity contribution >= 4 is 11.7 Å². The van der Waals surface area contributed by atoms with Crippen LogP contribution in [0.25, 0.3) is 0 Å². The Hall–Kier alpha value is -1.58. The molecule has 1 aromatic carbocycles. The molecule has 3 nitrogen and oxygen atoms in total. The average molecular weight is 237 g/mol. The van der Waals surface area contributed by atoms with Gasteiger partial charge in [0.15, 0.2) is 0 Å². The van der Waals surface area contributed by atoms with Crippen molar-refractivity contribution in [1.29, 1.82) is 0 Å². The van der Waals surface area contributed by atoms with Crippen LogP contribution in [0.1, 0.15) is 28.8 Å². The van der Waals surface area contributed by atoms with Gasteiger partial charge >= 0.3 is 5.97 Å². The van der Waals surface area contributed by atoms with Gasteiger partial charge in [0.2, 0.25) is 0 Å². The van der Waals surface area contributed by atoms with Gasteiger partial charge in [-0.2, -0.15) is 0 Å². The number of carboxylic acid groups (broad SMARTS) is 1. The number of hydrogen-bond acceptors (Lipinski definition) is 2. The number of alkyl halides is 1. The van der Waals surface area contributed by atoms with E-state index in [0.29, 0.717) is 18.5 Å². The van der Waals surface area contributed by atoms with E-state index in [1.54, 1.807) is 12.1 Å². The standard InChI is InChI=1S/C13H16FNO2/c14-7-3-9-15-8-2-5-10-11(13(16)17)4-1-6-12(10)15/h1,4,6H,2-3,5,7-9H2,(H,16,17). The Morgan fingerprint density at radius 1 is 1.47 bits per heavy atom. The van der Waals surface area contributed by atoms with Crippen LogP contribution in [0, 0.1) is 0 Å².